The molecule has 1 aromatic carbocycles. The normalized spacial score (nSPS) is 11.1. The molecule has 0 saturated heterocycles. The summed E-state index contributed by atoms with van der Waals surface area (Å²) in [7, 11) is 0. The number of nitro groups is 1. The van der Waals surface area contributed by atoms with Crippen LogP contribution in [0.3, 0.4) is 0 Å². The Morgan fingerprint density at radius 2 is 2.04 bits per heavy atom. The van der Waals surface area contributed by atoms with E-state index in [-0.39, 0.29) is 5.00 Å². The van der Waals surface area contributed by atoms with Crippen LogP contribution >= 0.6 is 34.4 Å². The van der Waals surface area contributed by atoms with Gasteiger partial charge >= 0.3 is 5.00 Å². The molecule has 0 spiro atoms. The van der Waals surface area contributed by atoms with Crippen molar-refractivity contribution in [2.45, 2.75) is 9.50 Å². The smallest absolute Gasteiger partial charge is 0.258 e. The lowest BCUT2D eigenvalue weighted by atomic mass is 10.3. The zero-order chi connectivity index (χ0) is 15.8. The fourth-order valence-corrected chi connectivity index (χ4v) is 4.67. The quantitative estimate of drug-likeness (QED) is 0.405. The molecule has 0 saturated carbocycles. The van der Waals surface area contributed by atoms with Crippen LogP contribution in [0.5, 0.6) is 0 Å². The predicted octanol–water partition coefficient (Wildman–Crippen LogP) is 3.39. The Balaban J connectivity index is 1.67. The molecule has 0 aliphatic heterocycles. The van der Waals surface area contributed by atoms with Gasteiger partial charge in [0.2, 0.25) is 5.16 Å². The third-order valence-corrected chi connectivity index (χ3v) is 5.91. The summed E-state index contributed by atoms with van der Waals surface area (Å²) in [5.74, 6) is 0. The maximum Gasteiger partial charge on any atom is 0.326 e. The molecule has 0 fully saturated rings. The fraction of sp³-hybridized carbons (Fsp3) is 0. The van der Waals surface area contributed by atoms with Crippen LogP contribution in [0.1, 0.15) is 0 Å². The van der Waals surface area contributed by atoms with Gasteiger partial charge in [-0.2, -0.15) is 4.68 Å². The number of thiophene rings is 1. The predicted molar refractivity (Wildman–Crippen MR) is 87.4 cm³/mol. The molecule has 0 aliphatic carbocycles. The van der Waals surface area contributed by atoms with E-state index in [9.17, 15) is 10.1 Å². The van der Waals surface area contributed by atoms with Crippen molar-refractivity contribution in [3.8, 4) is 5.00 Å². The Morgan fingerprint density at radius 1 is 1.17 bits per heavy atom. The molecule has 0 N–H and O–H groups in total. The molecule has 0 radical (unpaired) electrons. The Labute approximate surface area is 140 Å². The molecule has 4 rings (SSSR count). The van der Waals surface area contributed by atoms with E-state index in [1.807, 2.05) is 24.3 Å². The Hall–Kier alpha value is -2.37. The number of thiazole rings is 1. The zero-order valence-corrected chi connectivity index (χ0v) is 13.6. The van der Waals surface area contributed by atoms with E-state index in [1.54, 1.807) is 17.4 Å². The monoisotopic (exact) mass is 362 g/mol. The maximum absolute atomic E-state index is 10.8. The molecule has 0 bridgehead atoms. The highest BCUT2D eigenvalue weighted by Gasteiger charge is 2.17. The molecule has 114 valence electrons. The largest absolute Gasteiger partial charge is 0.326 e. The Bertz CT molecular complexity index is 974. The first-order chi connectivity index (χ1) is 11.2. The lowest BCUT2D eigenvalue weighted by Crippen LogP contribution is -1.95. The zero-order valence-electron chi connectivity index (χ0n) is 11.2. The number of hydrogen-bond acceptors (Lipinski definition) is 9. The van der Waals surface area contributed by atoms with Gasteiger partial charge in [0, 0.05) is 6.07 Å². The van der Waals surface area contributed by atoms with Gasteiger partial charge < -0.3 is 0 Å². The third-order valence-electron chi connectivity index (χ3n) is 2.86. The van der Waals surface area contributed by atoms with Crippen molar-refractivity contribution in [2.75, 3.05) is 0 Å². The summed E-state index contributed by atoms with van der Waals surface area (Å²) in [6, 6.07) is 10.9. The molecule has 8 nitrogen and oxygen atoms in total. The number of rotatable bonds is 4. The summed E-state index contributed by atoms with van der Waals surface area (Å²) in [4.78, 5) is 14.9. The molecule has 3 heterocycles. The number of fused-ring (bicyclic) bond motifs is 1. The van der Waals surface area contributed by atoms with Crippen molar-refractivity contribution in [3.05, 3.63) is 46.5 Å². The topological polar surface area (TPSA) is 99.6 Å². The van der Waals surface area contributed by atoms with Crippen molar-refractivity contribution >= 4 is 49.7 Å². The van der Waals surface area contributed by atoms with Crippen molar-refractivity contribution < 1.29 is 4.92 Å². The summed E-state index contributed by atoms with van der Waals surface area (Å²) < 4.78 is 3.38. The lowest BCUT2D eigenvalue weighted by molar-refractivity contribution is -0.380. The van der Waals surface area contributed by atoms with Gasteiger partial charge in [-0.25, -0.2) is 4.98 Å². The highest BCUT2D eigenvalue weighted by atomic mass is 32.2. The molecule has 0 amide bonds. The van der Waals surface area contributed by atoms with Gasteiger partial charge in [-0.15, -0.1) is 16.4 Å². The second-order valence-corrected chi connectivity index (χ2v) is 7.58. The lowest BCUT2D eigenvalue weighted by Gasteiger charge is -1.97. The average molecular weight is 362 g/mol. The van der Waals surface area contributed by atoms with Gasteiger partial charge in [-0.1, -0.05) is 12.1 Å². The van der Waals surface area contributed by atoms with E-state index in [4.69, 9.17) is 0 Å². The molecule has 0 unspecified atom stereocenters. The van der Waals surface area contributed by atoms with Gasteiger partial charge in [-0.05, 0) is 51.7 Å². The summed E-state index contributed by atoms with van der Waals surface area (Å²) in [5.41, 5.74) is 0.922. The molecule has 0 atom stereocenters. The molecule has 4 aromatic rings. The standard InChI is InChI=1S/C12H6N6O2S3/c19-18(20)10-6-5-9(22-10)17-11(14-15-16-17)23-12-13-7-3-1-2-4-8(7)21-12/h1-6H. The van der Waals surface area contributed by atoms with Crippen molar-refractivity contribution in [3.63, 3.8) is 0 Å². The Kier molecular flexibility index (Phi) is 3.52. The van der Waals surface area contributed by atoms with Crippen LogP contribution in [-0.4, -0.2) is 30.1 Å². The Morgan fingerprint density at radius 3 is 2.83 bits per heavy atom. The van der Waals surface area contributed by atoms with E-state index < -0.39 is 4.92 Å². The number of nitrogens with zero attached hydrogens (tertiary/aromatic N) is 6. The summed E-state index contributed by atoms with van der Waals surface area (Å²) in [6.07, 6.45) is 0. The van der Waals surface area contributed by atoms with Gasteiger partial charge in [0.1, 0.15) is 5.00 Å². The average Bonchev–Trinajstić information content (AvgIpc) is 3.25. The van der Waals surface area contributed by atoms with E-state index in [2.05, 4.69) is 20.5 Å². The molecule has 3 aromatic heterocycles. The third kappa shape index (κ3) is 2.69. The van der Waals surface area contributed by atoms with E-state index in [1.165, 1.54) is 22.5 Å². The summed E-state index contributed by atoms with van der Waals surface area (Å²) in [6.45, 7) is 0. The van der Waals surface area contributed by atoms with E-state index in [0.717, 1.165) is 25.9 Å². The van der Waals surface area contributed by atoms with Gasteiger partial charge in [0.05, 0.1) is 15.1 Å². The van der Waals surface area contributed by atoms with Crippen LogP contribution in [0.4, 0.5) is 5.00 Å². The molecule has 0 aliphatic rings. The minimum Gasteiger partial charge on any atom is -0.258 e. The summed E-state index contributed by atoms with van der Waals surface area (Å²) >= 11 is 3.90. The molecular weight excluding hydrogens is 356 g/mol. The minimum atomic E-state index is -0.432. The molecule has 11 heteroatoms. The van der Waals surface area contributed by atoms with Crippen LogP contribution in [0.15, 0.2) is 45.9 Å². The second-order valence-electron chi connectivity index (χ2n) is 4.29. The number of para-hydroxylation sites is 1. The van der Waals surface area contributed by atoms with Crippen LogP contribution in [0, 0.1) is 10.1 Å². The number of benzene rings is 1. The first kappa shape index (κ1) is 14.2. The highest BCUT2D eigenvalue weighted by molar-refractivity contribution is 8.01. The molecular formula is C12H6N6O2S3. The maximum atomic E-state index is 10.8. The summed E-state index contributed by atoms with van der Waals surface area (Å²) in [5, 5.41) is 23.5. The molecule has 23 heavy (non-hydrogen) atoms. The van der Waals surface area contributed by atoms with Gasteiger partial charge in [0.15, 0.2) is 4.34 Å². The van der Waals surface area contributed by atoms with E-state index >= 15 is 0 Å². The minimum absolute atomic E-state index is 0.0476. The fourth-order valence-electron chi connectivity index (χ4n) is 1.88. The van der Waals surface area contributed by atoms with Gasteiger partial charge in [0.25, 0.3) is 0 Å². The highest BCUT2D eigenvalue weighted by Crippen LogP contribution is 2.35. The number of tetrazole rings is 1. The van der Waals surface area contributed by atoms with Gasteiger partial charge in [-0.3, -0.25) is 10.1 Å². The van der Waals surface area contributed by atoms with Crippen LogP contribution in [-0.2, 0) is 0 Å². The van der Waals surface area contributed by atoms with Crippen LogP contribution in [0.25, 0.3) is 15.2 Å². The van der Waals surface area contributed by atoms with Crippen LogP contribution < -0.4 is 0 Å². The van der Waals surface area contributed by atoms with Crippen molar-refractivity contribution in [1.82, 2.24) is 25.2 Å². The van der Waals surface area contributed by atoms with Crippen molar-refractivity contribution in [1.29, 1.82) is 0 Å². The number of aromatic nitrogens is 5. The number of hydrogen-bond donors (Lipinski definition) is 0. The van der Waals surface area contributed by atoms with Crippen LogP contribution in [0.2, 0.25) is 0 Å². The second kappa shape index (κ2) is 5.68. The SMILES string of the molecule is O=[N+]([O-])c1ccc(-n2nnnc2Sc2nc3ccccc3s2)s1. The first-order valence-electron chi connectivity index (χ1n) is 6.27. The first-order valence-corrected chi connectivity index (χ1v) is 8.72. The van der Waals surface area contributed by atoms with Crippen molar-refractivity contribution in [2.24, 2.45) is 0 Å². The van der Waals surface area contributed by atoms with E-state index in [0.29, 0.717) is 10.2 Å².